The van der Waals surface area contributed by atoms with Gasteiger partial charge in [-0.1, -0.05) is 66.7 Å². The standard InChI is InChI=1S/C29H35NO7/c1-2-34-27(31)15-14-25-18-29(36-16-9-17-37-29)19-26(22-33-20-23-10-5-3-6-11-23)30(25)28(32)35-21-24-12-7-4-8-13-24/h3-8,10-15,25-26H,2,9,16-22H2,1H3/b15-14+/t25-,26-/m0/s1. The van der Waals surface area contributed by atoms with E-state index < -0.39 is 29.9 Å². The SMILES string of the molecule is CCOC(=O)/C=C/[C@H]1CC2(C[C@@H](COCc3ccccc3)N1C(=O)OCc1ccccc1)OCCCO2. The molecular formula is C29H35NO7. The molecule has 8 nitrogen and oxygen atoms in total. The smallest absolute Gasteiger partial charge is 0.410 e. The van der Waals surface area contributed by atoms with Gasteiger partial charge in [0, 0.05) is 18.9 Å². The van der Waals surface area contributed by atoms with E-state index in [2.05, 4.69) is 0 Å². The second kappa shape index (κ2) is 13.4. The fraction of sp³-hybridized carbons (Fsp3) is 0.448. The van der Waals surface area contributed by atoms with Crippen LogP contribution < -0.4 is 0 Å². The lowest BCUT2D eigenvalue weighted by Crippen LogP contribution is -2.61. The second-order valence-electron chi connectivity index (χ2n) is 9.15. The molecular weight excluding hydrogens is 474 g/mol. The minimum atomic E-state index is -0.862. The summed E-state index contributed by atoms with van der Waals surface area (Å²) < 4.78 is 29.1. The van der Waals surface area contributed by atoms with Crippen molar-refractivity contribution >= 4 is 12.1 Å². The van der Waals surface area contributed by atoms with Gasteiger partial charge in [-0.15, -0.1) is 0 Å². The molecule has 1 amide bonds. The molecule has 37 heavy (non-hydrogen) atoms. The van der Waals surface area contributed by atoms with Gasteiger partial charge in [0.25, 0.3) is 0 Å². The monoisotopic (exact) mass is 509 g/mol. The molecule has 2 saturated heterocycles. The molecule has 0 radical (unpaired) electrons. The number of benzene rings is 2. The molecule has 0 unspecified atom stereocenters. The summed E-state index contributed by atoms with van der Waals surface area (Å²) >= 11 is 0. The highest BCUT2D eigenvalue weighted by Crippen LogP contribution is 2.38. The molecule has 2 atom stereocenters. The molecule has 0 N–H and O–H groups in total. The third kappa shape index (κ3) is 7.64. The van der Waals surface area contributed by atoms with E-state index in [0.29, 0.717) is 32.7 Å². The number of hydrogen-bond donors (Lipinski definition) is 0. The molecule has 2 aromatic rings. The Labute approximate surface area is 218 Å². The number of likely N-dealkylation sites (tertiary alicyclic amines) is 1. The largest absolute Gasteiger partial charge is 0.463 e. The number of piperidine rings is 1. The Morgan fingerprint density at radius 3 is 2.24 bits per heavy atom. The minimum absolute atomic E-state index is 0.139. The van der Waals surface area contributed by atoms with Crippen LogP contribution in [-0.2, 0) is 41.7 Å². The maximum atomic E-state index is 13.5. The highest BCUT2D eigenvalue weighted by atomic mass is 16.7. The van der Waals surface area contributed by atoms with Crippen LogP contribution in [0, 0.1) is 0 Å². The number of nitrogens with zero attached hydrogens (tertiary/aromatic N) is 1. The first-order valence-corrected chi connectivity index (χ1v) is 12.8. The summed E-state index contributed by atoms with van der Waals surface area (Å²) in [6, 6.07) is 18.5. The van der Waals surface area contributed by atoms with Gasteiger partial charge in [-0.25, -0.2) is 9.59 Å². The van der Waals surface area contributed by atoms with Gasteiger partial charge in [0.05, 0.1) is 45.1 Å². The fourth-order valence-corrected chi connectivity index (χ4v) is 4.73. The Hall–Kier alpha value is -3.20. The molecule has 0 saturated carbocycles. The number of hydrogen-bond acceptors (Lipinski definition) is 7. The molecule has 0 aromatic heterocycles. The first-order chi connectivity index (χ1) is 18.1. The van der Waals surface area contributed by atoms with Crippen molar-refractivity contribution in [3.8, 4) is 0 Å². The summed E-state index contributed by atoms with van der Waals surface area (Å²) in [6.45, 7) is 3.96. The van der Waals surface area contributed by atoms with Gasteiger partial charge in [0.2, 0.25) is 0 Å². The topological polar surface area (TPSA) is 83.5 Å². The Kier molecular flexibility index (Phi) is 9.71. The van der Waals surface area contributed by atoms with Crippen LogP contribution in [0.3, 0.4) is 0 Å². The van der Waals surface area contributed by atoms with Crippen LogP contribution >= 0.6 is 0 Å². The lowest BCUT2D eigenvalue weighted by molar-refractivity contribution is -0.294. The van der Waals surface area contributed by atoms with E-state index in [9.17, 15) is 9.59 Å². The van der Waals surface area contributed by atoms with E-state index in [4.69, 9.17) is 23.7 Å². The van der Waals surface area contributed by atoms with Crippen LogP contribution in [0.4, 0.5) is 4.79 Å². The van der Waals surface area contributed by atoms with Crippen molar-refractivity contribution in [3.05, 3.63) is 83.9 Å². The molecule has 2 aliphatic rings. The number of ether oxygens (including phenoxy) is 5. The summed E-state index contributed by atoms with van der Waals surface area (Å²) in [5, 5.41) is 0. The van der Waals surface area contributed by atoms with Crippen molar-refractivity contribution in [1.82, 2.24) is 4.90 Å². The highest BCUT2D eigenvalue weighted by molar-refractivity contribution is 5.82. The van der Waals surface area contributed by atoms with Gasteiger partial charge in [0.15, 0.2) is 5.79 Å². The minimum Gasteiger partial charge on any atom is -0.463 e. The highest BCUT2D eigenvalue weighted by Gasteiger charge is 2.49. The Morgan fingerprint density at radius 2 is 1.59 bits per heavy atom. The average Bonchev–Trinajstić information content (AvgIpc) is 2.92. The number of esters is 1. The predicted molar refractivity (Wildman–Crippen MR) is 136 cm³/mol. The number of carbonyl (C=O) groups is 2. The number of amides is 1. The lowest BCUT2D eigenvalue weighted by atomic mass is 9.89. The van der Waals surface area contributed by atoms with E-state index >= 15 is 0 Å². The van der Waals surface area contributed by atoms with Gasteiger partial charge < -0.3 is 23.7 Å². The van der Waals surface area contributed by atoms with Gasteiger partial charge >= 0.3 is 12.1 Å². The van der Waals surface area contributed by atoms with Crippen molar-refractivity contribution in [2.45, 2.75) is 57.3 Å². The summed E-state index contributed by atoms with van der Waals surface area (Å²) in [5.41, 5.74) is 1.92. The molecule has 2 heterocycles. The van der Waals surface area contributed by atoms with Crippen molar-refractivity contribution in [2.75, 3.05) is 26.4 Å². The maximum absolute atomic E-state index is 13.5. The van der Waals surface area contributed by atoms with Crippen molar-refractivity contribution in [1.29, 1.82) is 0 Å². The first-order valence-electron chi connectivity index (χ1n) is 12.8. The zero-order chi connectivity index (χ0) is 25.9. The van der Waals surface area contributed by atoms with E-state index in [-0.39, 0.29) is 19.8 Å². The molecule has 2 fully saturated rings. The van der Waals surface area contributed by atoms with Crippen molar-refractivity contribution < 1.29 is 33.3 Å². The lowest BCUT2D eigenvalue weighted by Gasteiger charge is -2.50. The van der Waals surface area contributed by atoms with Gasteiger partial charge in [-0.05, 0) is 24.5 Å². The summed E-state index contributed by atoms with van der Waals surface area (Å²) in [6.07, 6.45) is 4.17. The maximum Gasteiger partial charge on any atom is 0.410 e. The van der Waals surface area contributed by atoms with Gasteiger partial charge in [-0.2, -0.15) is 0 Å². The number of carbonyl (C=O) groups excluding carboxylic acids is 2. The third-order valence-corrected chi connectivity index (χ3v) is 6.42. The van der Waals surface area contributed by atoms with Crippen LogP contribution in [0.15, 0.2) is 72.8 Å². The van der Waals surface area contributed by atoms with E-state index in [1.165, 1.54) is 6.08 Å². The molecule has 2 aliphatic heterocycles. The van der Waals surface area contributed by atoms with Crippen molar-refractivity contribution in [3.63, 3.8) is 0 Å². The molecule has 4 rings (SSSR count). The second-order valence-corrected chi connectivity index (χ2v) is 9.15. The zero-order valence-corrected chi connectivity index (χ0v) is 21.3. The summed E-state index contributed by atoms with van der Waals surface area (Å²) in [7, 11) is 0. The van der Waals surface area contributed by atoms with Crippen LogP contribution in [0.5, 0.6) is 0 Å². The first kappa shape index (κ1) is 26.9. The Bertz CT molecular complexity index is 1020. The predicted octanol–water partition coefficient (Wildman–Crippen LogP) is 4.63. The fourth-order valence-electron chi connectivity index (χ4n) is 4.73. The molecule has 198 valence electrons. The zero-order valence-electron chi connectivity index (χ0n) is 21.3. The summed E-state index contributed by atoms with van der Waals surface area (Å²) in [4.78, 5) is 27.3. The molecule has 0 aliphatic carbocycles. The van der Waals surface area contributed by atoms with E-state index in [1.807, 2.05) is 60.7 Å². The molecule has 1 spiro atoms. The van der Waals surface area contributed by atoms with Gasteiger partial charge in [-0.3, -0.25) is 4.90 Å². The van der Waals surface area contributed by atoms with Crippen LogP contribution in [0.1, 0.15) is 37.3 Å². The van der Waals surface area contributed by atoms with Gasteiger partial charge in [0.1, 0.15) is 6.61 Å². The van der Waals surface area contributed by atoms with Crippen LogP contribution in [0.2, 0.25) is 0 Å². The molecule has 2 aromatic carbocycles. The van der Waals surface area contributed by atoms with Crippen LogP contribution in [-0.4, -0.2) is 61.3 Å². The van der Waals surface area contributed by atoms with E-state index in [0.717, 1.165) is 17.5 Å². The van der Waals surface area contributed by atoms with E-state index in [1.54, 1.807) is 17.9 Å². The average molecular weight is 510 g/mol. The third-order valence-electron chi connectivity index (χ3n) is 6.42. The normalized spacial score (nSPS) is 21.2. The molecule has 8 heteroatoms. The Morgan fingerprint density at radius 1 is 0.946 bits per heavy atom. The quantitative estimate of drug-likeness (QED) is 0.360. The summed E-state index contributed by atoms with van der Waals surface area (Å²) in [5.74, 6) is -1.33. The Balaban J connectivity index is 1.55. The van der Waals surface area contributed by atoms with Crippen LogP contribution in [0.25, 0.3) is 0 Å². The van der Waals surface area contributed by atoms with Crippen molar-refractivity contribution in [2.24, 2.45) is 0 Å². The molecule has 0 bridgehead atoms. The number of rotatable bonds is 9.